The van der Waals surface area contributed by atoms with Gasteiger partial charge >= 0.3 is 0 Å². The van der Waals surface area contributed by atoms with Crippen LogP contribution in [0.4, 0.5) is 0 Å². The van der Waals surface area contributed by atoms with E-state index in [0.717, 1.165) is 0 Å². The van der Waals surface area contributed by atoms with Crippen molar-refractivity contribution in [2.75, 3.05) is 0 Å². The fraction of sp³-hybridized carbons (Fsp3) is 0.909. The molecule has 112 valence electrons. The summed E-state index contributed by atoms with van der Waals surface area (Å²) in [6, 6.07) is 0. The van der Waals surface area contributed by atoms with Crippen molar-refractivity contribution in [3.8, 4) is 0 Å². The first-order valence-electron chi connectivity index (χ1n) is 0.638. The lowest BCUT2D eigenvalue weighted by molar-refractivity contribution is -0.652. The van der Waals surface area contributed by atoms with E-state index in [9.17, 15) is 0 Å². The van der Waals surface area contributed by atoms with Gasteiger partial charge in [0.2, 0.25) is 0 Å². The molecular weight excluding hydrogens is 194 g/mol. The molecule has 4 nitrogen and oxygen atoms in total. The summed E-state index contributed by atoms with van der Waals surface area (Å²) in [5.74, 6) is 0. The molecule has 0 heterocycles. The molecule has 0 bridgehead atoms. The van der Waals surface area contributed by atoms with E-state index in [2.05, 4.69) is 4.89 Å². The van der Waals surface area contributed by atoms with Crippen LogP contribution in [-0.4, -0.2) is 6.47 Å². The fourth-order valence-corrected chi connectivity index (χ4v) is 0. The minimum absolute atomic E-state index is 0. The Hall–Kier alpha value is -0.610. The third-order valence-electron chi connectivity index (χ3n) is 0.0393. The third kappa shape index (κ3) is 11400. The summed E-state index contributed by atoms with van der Waals surface area (Å²) in [4.78, 5) is 11.2. The molecule has 0 radical (unpaired) electrons. The number of hydrogen-bond acceptors (Lipinski definition) is 4. The van der Waals surface area contributed by atoms with Gasteiger partial charge in [-0.3, -0.25) is 4.79 Å². The molecule has 15 heavy (non-hydrogen) atoms. The Morgan fingerprint density at radius 3 is 0.733 bits per heavy atom. The zero-order valence-electron chi connectivity index (χ0n) is 2.51. The van der Waals surface area contributed by atoms with E-state index in [1.807, 2.05) is 0 Å². The van der Waals surface area contributed by atoms with Crippen LogP contribution in [0.5, 0.6) is 0 Å². The van der Waals surface area contributed by atoms with E-state index in [0.29, 0.717) is 0 Å². The van der Waals surface area contributed by atoms with E-state index in [-0.39, 0.29) is 86.9 Å². The molecule has 0 aliphatic carbocycles. The zero-order chi connectivity index (χ0) is 3.41. The van der Waals surface area contributed by atoms with Crippen LogP contribution >= 0.6 is 0 Å². The number of hydrogen-bond donors (Lipinski definition) is 1. The Morgan fingerprint density at radius 1 is 0.667 bits per heavy atom. The van der Waals surface area contributed by atoms with Gasteiger partial charge in [0.05, 0.1) is 0 Å². The SMILES string of the molecule is C.C.C.C.C.C.C.C.C.C.N.O=CO[O-]. The Morgan fingerprint density at radius 2 is 0.733 bits per heavy atom. The van der Waals surface area contributed by atoms with E-state index >= 15 is 0 Å². The molecule has 0 spiro atoms. The normalized spacial score (nSPS) is 1.40. The van der Waals surface area contributed by atoms with Crippen LogP contribution in [0.3, 0.4) is 0 Å². The first kappa shape index (κ1) is 452. The number of carbonyl (C=O) groups is 1. The van der Waals surface area contributed by atoms with Gasteiger partial charge in [0.1, 0.15) is 0 Å². The predicted octanol–water partition coefficient (Wildman–Crippen LogP) is 4.96. The second-order valence-electron chi connectivity index (χ2n) is 0.192. The molecule has 0 aromatic rings. The van der Waals surface area contributed by atoms with E-state index in [1.54, 1.807) is 0 Å². The molecule has 0 aliphatic heterocycles. The monoisotopic (exact) mass is 238 g/mol. The minimum Gasteiger partial charge on any atom is -0.662 e. The number of rotatable bonds is 1. The van der Waals surface area contributed by atoms with Crippen LogP contribution in [0.2, 0.25) is 0 Å². The topological polar surface area (TPSA) is 84.4 Å². The Labute approximate surface area is 103 Å². The summed E-state index contributed by atoms with van der Waals surface area (Å²) in [5.41, 5.74) is 0. The van der Waals surface area contributed by atoms with Crippen molar-refractivity contribution in [1.29, 1.82) is 0 Å². The highest BCUT2D eigenvalue weighted by Crippen LogP contribution is 1.22. The van der Waals surface area contributed by atoms with Crippen molar-refractivity contribution in [2.45, 2.75) is 74.3 Å². The van der Waals surface area contributed by atoms with Crippen molar-refractivity contribution in [1.82, 2.24) is 6.15 Å². The molecule has 0 aromatic heterocycles. The van der Waals surface area contributed by atoms with Gasteiger partial charge in [0.25, 0.3) is 6.47 Å². The molecule has 0 unspecified atom stereocenters. The van der Waals surface area contributed by atoms with E-state index < -0.39 is 0 Å². The Balaban J connectivity index is -0.000000000818. The zero-order valence-corrected chi connectivity index (χ0v) is 2.51. The van der Waals surface area contributed by atoms with Crippen LogP contribution in [0.15, 0.2) is 0 Å². The van der Waals surface area contributed by atoms with Gasteiger partial charge in [0.15, 0.2) is 0 Å². The molecule has 0 fully saturated rings. The summed E-state index contributed by atoms with van der Waals surface area (Å²) in [6.07, 6.45) is 0. The molecule has 0 amide bonds. The highest BCUT2D eigenvalue weighted by atomic mass is 17.1. The number of carbonyl (C=O) groups excluding carboxylic acids is 1. The van der Waals surface area contributed by atoms with Crippen molar-refractivity contribution in [3.05, 3.63) is 0 Å². The first-order chi connectivity index (χ1) is 1.91. The van der Waals surface area contributed by atoms with E-state index in [4.69, 9.17) is 10.1 Å². The smallest absolute Gasteiger partial charge is 0.287 e. The maximum atomic E-state index is 8.64. The molecule has 3 N–H and O–H groups in total. The van der Waals surface area contributed by atoms with Crippen molar-refractivity contribution >= 4 is 6.47 Å². The molecule has 0 aromatic carbocycles. The largest absolute Gasteiger partial charge is 0.662 e. The molecule has 4 heteroatoms. The van der Waals surface area contributed by atoms with Gasteiger partial charge in [-0.15, -0.1) is 0 Å². The summed E-state index contributed by atoms with van der Waals surface area (Å²) in [7, 11) is 0. The van der Waals surface area contributed by atoms with Crippen LogP contribution in [-0.2, 0) is 9.68 Å². The highest BCUT2D eigenvalue weighted by molar-refractivity contribution is 5.35. The summed E-state index contributed by atoms with van der Waals surface area (Å²) in [5, 5.41) is 8.43. The average Bonchev–Trinajstić information content (AvgIpc) is 1.37. The molecule has 0 atom stereocenters. The van der Waals surface area contributed by atoms with Gasteiger partial charge in [-0.05, 0) is 0 Å². The fourth-order valence-electron chi connectivity index (χ4n) is 0. The molecule has 0 saturated heterocycles. The van der Waals surface area contributed by atoms with E-state index in [1.165, 1.54) is 0 Å². The lowest BCUT2D eigenvalue weighted by Gasteiger charge is -1.88. The van der Waals surface area contributed by atoms with Crippen LogP contribution in [0.1, 0.15) is 74.3 Å². The van der Waals surface area contributed by atoms with Crippen LogP contribution in [0, 0.1) is 0 Å². The molecule has 0 aliphatic rings. The average molecular weight is 238 g/mol. The van der Waals surface area contributed by atoms with Gasteiger partial charge in [-0.25, -0.2) is 0 Å². The highest BCUT2D eigenvalue weighted by Gasteiger charge is 1.34. The van der Waals surface area contributed by atoms with Crippen molar-refractivity contribution in [2.24, 2.45) is 0 Å². The predicted molar refractivity (Wildman–Crippen MR) is 79.5 cm³/mol. The van der Waals surface area contributed by atoms with Crippen LogP contribution < -0.4 is 11.4 Å². The molecule has 0 rings (SSSR count). The van der Waals surface area contributed by atoms with Crippen LogP contribution in [0.25, 0.3) is 0 Å². The molecule has 0 saturated carbocycles. The standard InChI is InChI=1S/CH2O3.10CH4.H3N/c2-1-4-3;;;;;;;;;;;/h1,3H;10*1H4;1H3/p-1. The van der Waals surface area contributed by atoms with Crippen molar-refractivity contribution in [3.63, 3.8) is 0 Å². The van der Waals surface area contributed by atoms with Gasteiger partial charge in [0, 0.05) is 0 Å². The maximum Gasteiger partial charge on any atom is 0.287 e. The first-order valence-corrected chi connectivity index (χ1v) is 0.638. The lowest BCUT2D eigenvalue weighted by atomic mass is 11.7. The maximum absolute atomic E-state index is 8.64. The van der Waals surface area contributed by atoms with Gasteiger partial charge in [-0.1, -0.05) is 74.3 Å². The van der Waals surface area contributed by atoms with Crippen molar-refractivity contribution < 1.29 is 14.9 Å². The lowest BCUT2D eigenvalue weighted by Crippen LogP contribution is -2.00. The molecular formula is C11H44NO3-. The van der Waals surface area contributed by atoms with Gasteiger partial charge in [-0.2, -0.15) is 0 Å². The Kier molecular flexibility index (Phi) is 32000. The minimum atomic E-state index is -0.181. The Bertz CT molecular complexity index is 29.8. The second-order valence-corrected chi connectivity index (χ2v) is 0.192. The quantitative estimate of drug-likeness (QED) is 0.397. The van der Waals surface area contributed by atoms with Gasteiger partial charge < -0.3 is 16.3 Å². The summed E-state index contributed by atoms with van der Waals surface area (Å²) < 4.78 is 0. The second kappa shape index (κ2) is 1060. The summed E-state index contributed by atoms with van der Waals surface area (Å²) in [6.45, 7) is -0.181. The summed E-state index contributed by atoms with van der Waals surface area (Å²) >= 11 is 0. The third-order valence-corrected chi connectivity index (χ3v) is 0.0393.